The van der Waals surface area contributed by atoms with Crippen LogP contribution in [0.3, 0.4) is 0 Å². The fourth-order valence-corrected chi connectivity index (χ4v) is 2.64. The molecule has 0 saturated carbocycles. The van der Waals surface area contributed by atoms with Crippen LogP contribution in [0.4, 0.5) is 0 Å². The Morgan fingerprint density at radius 2 is 1.95 bits per heavy atom. The Balaban J connectivity index is 1.85. The van der Waals surface area contributed by atoms with Crippen LogP contribution in [0, 0.1) is 0 Å². The van der Waals surface area contributed by atoms with Gasteiger partial charge in [-0.3, -0.25) is 0 Å². The van der Waals surface area contributed by atoms with Crippen LogP contribution < -0.4 is 5.32 Å². The van der Waals surface area contributed by atoms with E-state index in [0.29, 0.717) is 6.04 Å². The van der Waals surface area contributed by atoms with Gasteiger partial charge in [0.1, 0.15) is 5.82 Å². The molecule has 2 aromatic rings. The van der Waals surface area contributed by atoms with Gasteiger partial charge in [-0.05, 0) is 32.4 Å². The number of rotatable bonds is 8. The Morgan fingerprint density at radius 3 is 2.70 bits per heavy atom. The van der Waals surface area contributed by atoms with Crippen molar-refractivity contribution in [1.82, 2.24) is 15.3 Å². The zero-order valence-corrected chi connectivity index (χ0v) is 12.9. The predicted octanol–water partition coefficient (Wildman–Crippen LogP) is 4.57. The third kappa shape index (κ3) is 4.07. The maximum Gasteiger partial charge on any atom is 0.124 e. The highest BCUT2D eigenvalue weighted by Crippen LogP contribution is 2.16. The van der Waals surface area contributed by atoms with E-state index in [1.807, 2.05) is 12.1 Å². The molecule has 2 rings (SSSR count). The number of hydrogen-bond acceptors (Lipinski definition) is 2. The minimum Gasteiger partial charge on any atom is -0.341 e. The lowest BCUT2D eigenvalue weighted by Crippen LogP contribution is -2.29. The van der Waals surface area contributed by atoms with Gasteiger partial charge in [0.25, 0.3) is 0 Å². The maximum atomic E-state index is 4.66. The molecule has 1 aromatic heterocycles. The molecule has 0 radical (unpaired) electrons. The molecule has 1 heterocycles. The second kappa shape index (κ2) is 7.44. The Bertz CT molecular complexity index is 485. The van der Waals surface area contributed by atoms with E-state index >= 15 is 0 Å². The van der Waals surface area contributed by atoms with E-state index in [-0.39, 0.29) is 6.04 Å². The van der Waals surface area contributed by atoms with Crippen molar-refractivity contribution in [3.05, 3.63) is 30.1 Å². The van der Waals surface area contributed by atoms with Crippen molar-refractivity contribution in [3.63, 3.8) is 0 Å². The van der Waals surface area contributed by atoms with E-state index in [2.05, 4.69) is 48.2 Å². The number of H-pyrrole nitrogens is 1. The van der Waals surface area contributed by atoms with Gasteiger partial charge < -0.3 is 10.3 Å². The minimum absolute atomic E-state index is 0.267. The SMILES string of the molecule is CCCCCCC(C)NC(C)c1nc2ccccc2[nH]1. The zero-order valence-electron chi connectivity index (χ0n) is 12.9. The number of hydrogen-bond donors (Lipinski definition) is 2. The Hall–Kier alpha value is -1.35. The largest absolute Gasteiger partial charge is 0.341 e. The highest BCUT2D eigenvalue weighted by Gasteiger charge is 2.12. The summed E-state index contributed by atoms with van der Waals surface area (Å²) in [7, 11) is 0. The van der Waals surface area contributed by atoms with Gasteiger partial charge >= 0.3 is 0 Å². The number of benzene rings is 1. The number of fused-ring (bicyclic) bond motifs is 1. The molecule has 0 aliphatic rings. The monoisotopic (exact) mass is 273 g/mol. The first-order chi connectivity index (χ1) is 9.70. The van der Waals surface area contributed by atoms with Crippen molar-refractivity contribution < 1.29 is 0 Å². The fourth-order valence-electron chi connectivity index (χ4n) is 2.64. The summed E-state index contributed by atoms with van der Waals surface area (Å²) in [4.78, 5) is 8.06. The van der Waals surface area contributed by atoms with Crippen LogP contribution >= 0.6 is 0 Å². The molecule has 20 heavy (non-hydrogen) atoms. The van der Waals surface area contributed by atoms with Gasteiger partial charge in [0.15, 0.2) is 0 Å². The van der Waals surface area contributed by atoms with E-state index in [4.69, 9.17) is 0 Å². The van der Waals surface area contributed by atoms with Gasteiger partial charge in [0.2, 0.25) is 0 Å². The van der Waals surface area contributed by atoms with E-state index < -0.39 is 0 Å². The Morgan fingerprint density at radius 1 is 1.15 bits per heavy atom. The van der Waals surface area contributed by atoms with Crippen LogP contribution in [0.1, 0.15) is 64.7 Å². The van der Waals surface area contributed by atoms with Crippen molar-refractivity contribution in [3.8, 4) is 0 Å². The summed E-state index contributed by atoms with van der Waals surface area (Å²) in [5.74, 6) is 1.03. The van der Waals surface area contributed by atoms with Crippen LogP contribution in [0.25, 0.3) is 11.0 Å². The number of nitrogens with zero attached hydrogens (tertiary/aromatic N) is 1. The van der Waals surface area contributed by atoms with Gasteiger partial charge in [0.05, 0.1) is 17.1 Å². The molecule has 3 heteroatoms. The number of nitrogens with one attached hydrogen (secondary N) is 2. The summed E-state index contributed by atoms with van der Waals surface area (Å²) in [5, 5.41) is 3.64. The van der Waals surface area contributed by atoms with Crippen LogP contribution in [0.5, 0.6) is 0 Å². The number of aromatic nitrogens is 2. The average Bonchev–Trinajstić information content (AvgIpc) is 2.87. The molecular formula is C17H27N3. The Kier molecular flexibility index (Phi) is 5.60. The second-order valence-electron chi connectivity index (χ2n) is 5.78. The minimum atomic E-state index is 0.267. The van der Waals surface area contributed by atoms with Gasteiger partial charge in [-0.15, -0.1) is 0 Å². The quantitative estimate of drug-likeness (QED) is 0.692. The van der Waals surface area contributed by atoms with Gasteiger partial charge in [-0.25, -0.2) is 4.98 Å². The molecule has 0 saturated heterocycles. The first-order valence-electron chi connectivity index (χ1n) is 7.91. The predicted molar refractivity (Wildman–Crippen MR) is 85.9 cm³/mol. The molecule has 0 spiro atoms. The highest BCUT2D eigenvalue weighted by molar-refractivity contribution is 5.74. The molecule has 0 aliphatic carbocycles. The van der Waals surface area contributed by atoms with Crippen LogP contribution in [0.15, 0.2) is 24.3 Å². The standard InChI is InChI=1S/C17H27N3/c1-4-5-6-7-10-13(2)18-14(3)17-19-15-11-8-9-12-16(15)20-17/h8-9,11-14,18H,4-7,10H2,1-3H3,(H,19,20). The summed E-state index contributed by atoms with van der Waals surface area (Å²) in [6, 6.07) is 9.00. The lowest BCUT2D eigenvalue weighted by Gasteiger charge is -2.18. The molecule has 110 valence electrons. The summed E-state index contributed by atoms with van der Waals surface area (Å²) >= 11 is 0. The normalized spacial score (nSPS) is 14.6. The van der Waals surface area contributed by atoms with Crippen molar-refractivity contribution in [1.29, 1.82) is 0 Å². The number of imidazole rings is 1. The topological polar surface area (TPSA) is 40.7 Å². The van der Waals surface area contributed by atoms with Crippen molar-refractivity contribution in [2.45, 2.75) is 65.0 Å². The first-order valence-corrected chi connectivity index (χ1v) is 7.91. The lowest BCUT2D eigenvalue weighted by molar-refractivity contribution is 0.429. The molecule has 2 atom stereocenters. The van der Waals surface area contributed by atoms with E-state index in [1.165, 1.54) is 32.1 Å². The van der Waals surface area contributed by atoms with Crippen LogP contribution in [0.2, 0.25) is 0 Å². The van der Waals surface area contributed by atoms with Crippen molar-refractivity contribution in [2.24, 2.45) is 0 Å². The molecule has 0 aliphatic heterocycles. The number of aromatic amines is 1. The molecule has 3 nitrogen and oxygen atoms in total. The summed E-state index contributed by atoms with van der Waals surface area (Å²) < 4.78 is 0. The van der Waals surface area contributed by atoms with E-state index in [0.717, 1.165) is 16.9 Å². The third-order valence-electron chi connectivity index (χ3n) is 3.84. The van der Waals surface area contributed by atoms with Crippen molar-refractivity contribution >= 4 is 11.0 Å². The molecule has 0 fully saturated rings. The second-order valence-corrected chi connectivity index (χ2v) is 5.78. The van der Waals surface area contributed by atoms with Gasteiger partial charge in [0, 0.05) is 6.04 Å². The lowest BCUT2D eigenvalue weighted by atomic mass is 10.1. The van der Waals surface area contributed by atoms with Crippen molar-refractivity contribution in [2.75, 3.05) is 0 Å². The third-order valence-corrected chi connectivity index (χ3v) is 3.84. The first kappa shape index (κ1) is 15.0. The summed E-state index contributed by atoms with van der Waals surface area (Å²) in [6.07, 6.45) is 6.56. The number of para-hydroxylation sites is 2. The molecule has 2 unspecified atom stereocenters. The molecule has 1 aromatic carbocycles. The summed E-state index contributed by atoms with van der Waals surface area (Å²) in [6.45, 7) is 6.71. The van der Waals surface area contributed by atoms with Crippen LogP contribution in [-0.2, 0) is 0 Å². The average molecular weight is 273 g/mol. The van der Waals surface area contributed by atoms with Crippen LogP contribution in [-0.4, -0.2) is 16.0 Å². The fraction of sp³-hybridized carbons (Fsp3) is 0.588. The smallest absolute Gasteiger partial charge is 0.124 e. The molecule has 0 amide bonds. The Labute approximate surface area is 122 Å². The highest BCUT2D eigenvalue weighted by atomic mass is 15.0. The molecule has 0 bridgehead atoms. The molecular weight excluding hydrogens is 246 g/mol. The maximum absolute atomic E-state index is 4.66. The summed E-state index contributed by atoms with van der Waals surface area (Å²) in [5.41, 5.74) is 2.17. The van der Waals surface area contributed by atoms with Gasteiger partial charge in [-0.1, -0.05) is 44.7 Å². The van der Waals surface area contributed by atoms with E-state index in [9.17, 15) is 0 Å². The zero-order chi connectivity index (χ0) is 14.4. The van der Waals surface area contributed by atoms with E-state index in [1.54, 1.807) is 0 Å². The van der Waals surface area contributed by atoms with Gasteiger partial charge in [-0.2, -0.15) is 0 Å². The number of unbranched alkanes of at least 4 members (excludes halogenated alkanes) is 3. The molecule has 2 N–H and O–H groups in total.